The lowest BCUT2D eigenvalue weighted by Crippen LogP contribution is -2.30. The number of benzene rings is 2. The number of nitrogens with zero attached hydrogens (tertiary/aromatic N) is 2. The summed E-state index contributed by atoms with van der Waals surface area (Å²) in [5.74, 6) is 0.0606. The molecule has 1 aromatic heterocycles. The minimum Gasteiger partial charge on any atom is -0.507 e. The van der Waals surface area contributed by atoms with Crippen molar-refractivity contribution in [3.63, 3.8) is 0 Å². The monoisotopic (exact) mass is 464 g/mol. The maximum absolute atomic E-state index is 13.3. The Kier molecular flexibility index (Phi) is 6.02. The van der Waals surface area contributed by atoms with Crippen LogP contribution in [0.3, 0.4) is 0 Å². The number of Topliss-reactive ketones (excluding diaryl/α,β-unsaturated/α-hetero) is 1. The Balaban J connectivity index is 2.00. The smallest absolute Gasteiger partial charge is 0.301 e. The zero-order valence-electron chi connectivity index (χ0n) is 19.4. The predicted molar refractivity (Wildman–Crippen MR) is 123 cm³/mol. The zero-order chi connectivity index (χ0) is 24.6. The van der Waals surface area contributed by atoms with Gasteiger partial charge in [-0.25, -0.2) is 0 Å². The van der Waals surface area contributed by atoms with E-state index in [1.165, 1.54) is 19.1 Å². The van der Waals surface area contributed by atoms with Crippen LogP contribution in [0.2, 0.25) is 0 Å². The first kappa shape index (κ1) is 22.9. The summed E-state index contributed by atoms with van der Waals surface area (Å²) in [6.07, 6.45) is 0. The summed E-state index contributed by atoms with van der Waals surface area (Å²) < 4.78 is 21.3. The molecule has 0 unspecified atom stereocenters. The fraction of sp³-hybridized carbons (Fsp3) is 0.240. The van der Waals surface area contributed by atoms with Gasteiger partial charge in [-0.05, 0) is 55.8 Å². The molecule has 34 heavy (non-hydrogen) atoms. The molecule has 1 saturated heterocycles. The van der Waals surface area contributed by atoms with Crippen molar-refractivity contribution in [3.8, 4) is 17.2 Å². The van der Waals surface area contributed by atoms with Crippen molar-refractivity contribution >= 4 is 23.3 Å². The van der Waals surface area contributed by atoms with E-state index in [0.29, 0.717) is 34.1 Å². The van der Waals surface area contributed by atoms with Crippen LogP contribution in [-0.4, -0.2) is 43.3 Å². The van der Waals surface area contributed by atoms with E-state index >= 15 is 0 Å². The topological polar surface area (TPSA) is 111 Å². The molecule has 1 fully saturated rings. The second-order valence-corrected chi connectivity index (χ2v) is 7.76. The van der Waals surface area contributed by atoms with Gasteiger partial charge >= 0.3 is 5.91 Å². The molecule has 0 saturated carbocycles. The normalized spacial score (nSPS) is 17.2. The lowest BCUT2D eigenvalue weighted by Gasteiger charge is -2.25. The van der Waals surface area contributed by atoms with Crippen molar-refractivity contribution in [2.45, 2.75) is 19.9 Å². The van der Waals surface area contributed by atoms with Crippen LogP contribution in [0.15, 0.2) is 52.6 Å². The van der Waals surface area contributed by atoms with Gasteiger partial charge in [0.1, 0.15) is 34.8 Å². The average Bonchev–Trinajstić information content (AvgIpc) is 3.38. The Bertz CT molecular complexity index is 1310. The highest BCUT2D eigenvalue weighted by molar-refractivity contribution is 6.51. The van der Waals surface area contributed by atoms with Gasteiger partial charge in [-0.2, -0.15) is 0 Å². The van der Waals surface area contributed by atoms with Gasteiger partial charge in [-0.1, -0.05) is 5.16 Å². The number of carbonyl (C=O) groups excluding carboxylic acids is 2. The average molecular weight is 464 g/mol. The van der Waals surface area contributed by atoms with Gasteiger partial charge in [0, 0.05) is 17.2 Å². The minimum atomic E-state index is -1.04. The molecule has 9 nitrogen and oxygen atoms in total. The standard InChI is InChI=1S/C25H24N2O7/c1-13-10-15(6-8-18(13)32-4)23(28)21-22(17-12-16(31-3)7-9-19(17)33-5)27(25(30)24(21)29)20-11-14(2)34-26-20/h6-12,22,28H,1-5H3/t22-/m1/s1. The van der Waals surface area contributed by atoms with Gasteiger partial charge in [0.25, 0.3) is 5.78 Å². The van der Waals surface area contributed by atoms with E-state index in [0.717, 1.165) is 5.56 Å². The third-order valence-electron chi connectivity index (χ3n) is 5.71. The quantitative estimate of drug-likeness (QED) is 0.332. The Morgan fingerprint density at radius 3 is 2.26 bits per heavy atom. The summed E-state index contributed by atoms with van der Waals surface area (Å²) in [6.45, 7) is 3.49. The predicted octanol–water partition coefficient (Wildman–Crippen LogP) is 3.94. The summed E-state index contributed by atoms with van der Waals surface area (Å²) in [5, 5.41) is 15.3. The Morgan fingerprint density at radius 2 is 1.68 bits per heavy atom. The lowest BCUT2D eigenvalue weighted by atomic mass is 9.94. The summed E-state index contributed by atoms with van der Waals surface area (Å²) in [5.41, 5.74) is 1.44. The highest BCUT2D eigenvalue weighted by atomic mass is 16.5. The van der Waals surface area contributed by atoms with Crippen LogP contribution in [-0.2, 0) is 9.59 Å². The van der Waals surface area contributed by atoms with Crippen molar-refractivity contribution in [2.75, 3.05) is 26.2 Å². The molecule has 1 atom stereocenters. The van der Waals surface area contributed by atoms with Crippen molar-refractivity contribution in [1.29, 1.82) is 0 Å². The van der Waals surface area contributed by atoms with Crippen LogP contribution in [0, 0.1) is 13.8 Å². The van der Waals surface area contributed by atoms with Gasteiger partial charge in [0.05, 0.1) is 26.9 Å². The number of methoxy groups -OCH3 is 3. The molecule has 2 aromatic carbocycles. The Labute approximate surface area is 196 Å². The van der Waals surface area contributed by atoms with Gasteiger partial charge in [0.15, 0.2) is 5.82 Å². The molecule has 1 amide bonds. The van der Waals surface area contributed by atoms with Crippen LogP contribution >= 0.6 is 0 Å². The molecule has 0 radical (unpaired) electrons. The lowest BCUT2D eigenvalue weighted by molar-refractivity contribution is -0.132. The van der Waals surface area contributed by atoms with Crippen LogP contribution < -0.4 is 19.1 Å². The zero-order valence-corrected chi connectivity index (χ0v) is 19.4. The largest absolute Gasteiger partial charge is 0.507 e. The number of hydrogen-bond acceptors (Lipinski definition) is 8. The molecule has 0 bridgehead atoms. The van der Waals surface area contributed by atoms with Gasteiger partial charge in [-0.3, -0.25) is 14.5 Å². The Hall–Kier alpha value is -4.27. The highest BCUT2D eigenvalue weighted by Gasteiger charge is 2.49. The fourth-order valence-corrected chi connectivity index (χ4v) is 4.06. The molecule has 2 heterocycles. The fourth-order valence-electron chi connectivity index (χ4n) is 4.06. The van der Waals surface area contributed by atoms with Crippen LogP contribution in [0.25, 0.3) is 5.76 Å². The van der Waals surface area contributed by atoms with Gasteiger partial charge < -0.3 is 23.8 Å². The number of aromatic nitrogens is 1. The third kappa shape index (κ3) is 3.75. The number of aliphatic hydroxyl groups is 1. The van der Waals surface area contributed by atoms with Gasteiger partial charge in [-0.15, -0.1) is 0 Å². The first-order chi connectivity index (χ1) is 16.3. The van der Waals surface area contributed by atoms with Crippen LogP contribution in [0.1, 0.15) is 28.5 Å². The number of ether oxygens (including phenoxy) is 3. The number of amides is 1. The van der Waals surface area contributed by atoms with E-state index in [-0.39, 0.29) is 17.2 Å². The van der Waals surface area contributed by atoms with Crippen molar-refractivity contribution in [3.05, 3.63) is 70.5 Å². The number of rotatable bonds is 6. The first-order valence-electron chi connectivity index (χ1n) is 10.4. The molecule has 176 valence electrons. The molecule has 1 N–H and O–H groups in total. The van der Waals surface area contributed by atoms with E-state index in [9.17, 15) is 14.7 Å². The van der Waals surface area contributed by atoms with Gasteiger partial charge in [0.2, 0.25) is 0 Å². The second kappa shape index (κ2) is 8.93. The minimum absolute atomic E-state index is 0.109. The molecular weight excluding hydrogens is 440 g/mol. The van der Waals surface area contributed by atoms with E-state index in [1.807, 2.05) is 6.92 Å². The van der Waals surface area contributed by atoms with Crippen LogP contribution in [0.5, 0.6) is 17.2 Å². The number of anilines is 1. The van der Waals surface area contributed by atoms with Crippen molar-refractivity contribution in [2.24, 2.45) is 0 Å². The van der Waals surface area contributed by atoms with Crippen molar-refractivity contribution in [1.82, 2.24) is 5.16 Å². The van der Waals surface area contributed by atoms with E-state index in [4.69, 9.17) is 18.7 Å². The summed E-state index contributed by atoms with van der Waals surface area (Å²) >= 11 is 0. The molecule has 4 rings (SSSR count). The van der Waals surface area contributed by atoms with Crippen molar-refractivity contribution < 1.29 is 33.4 Å². The summed E-state index contributed by atoms with van der Waals surface area (Å²) in [4.78, 5) is 27.7. The molecule has 0 spiro atoms. The molecule has 1 aliphatic rings. The molecule has 3 aromatic rings. The SMILES string of the molecule is COc1ccc(OC)c([C@@H]2C(=C(O)c3ccc(OC)c(C)c3)C(=O)C(=O)N2c2cc(C)on2)c1. The van der Waals surface area contributed by atoms with Crippen LogP contribution in [0.4, 0.5) is 5.82 Å². The number of ketones is 1. The maximum atomic E-state index is 13.3. The second-order valence-electron chi connectivity index (χ2n) is 7.76. The highest BCUT2D eigenvalue weighted by Crippen LogP contribution is 2.45. The Morgan fingerprint density at radius 1 is 0.971 bits per heavy atom. The number of aryl methyl sites for hydroxylation is 2. The summed E-state index contributed by atoms with van der Waals surface area (Å²) in [6, 6.07) is 10.5. The first-order valence-corrected chi connectivity index (χ1v) is 10.4. The molecule has 9 heteroatoms. The summed E-state index contributed by atoms with van der Waals surface area (Å²) in [7, 11) is 4.52. The van der Waals surface area contributed by atoms with E-state index in [1.54, 1.807) is 56.5 Å². The maximum Gasteiger partial charge on any atom is 0.301 e. The molecule has 1 aliphatic heterocycles. The molecular formula is C25H24N2O7. The third-order valence-corrected chi connectivity index (χ3v) is 5.71. The number of hydrogen-bond donors (Lipinski definition) is 1. The van der Waals surface area contributed by atoms with E-state index < -0.39 is 17.7 Å². The number of aliphatic hydroxyl groups excluding tert-OH is 1. The number of carbonyl (C=O) groups is 2. The van der Waals surface area contributed by atoms with E-state index in [2.05, 4.69) is 5.16 Å². The molecule has 0 aliphatic carbocycles.